The van der Waals surface area contributed by atoms with Crippen LogP contribution in [0.15, 0.2) is 53.1 Å². The standard InChI is InChI=1S/C19H22FN5S.HI/c1-14-22-9-10-25(14)18-6-5-15(12-17(18)20)13-24-19(21-2)23-8-7-16-4-3-11-26-16;/h3-6,9-12H,7-8,13H2,1-2H3,(H2,21,23,24);1H. The zero-order valence-corrected chi connectivity index (χ0v) is 18.4. The van der Waals surface area contributed by atoms with Crippen molar-refractivity contribution in [2.45, 2.75) is 19.9 Å². The number of nitrogens with zero attached hydrogens (tertiary/aromatic N) is 3. The number of hydrogen-bond acceptors (Lipinski definition) is 3. The van der Waals surface area contributed by atoms with Gasteiger partial charge in [0.15, 0.2) is 5.96 Å². The maximum absolute atomic E-state index is 14.4. The number of aromatic nitrogens is 2. The molecule has 2 heterocycles. The van der Waals surface area contributed by atoms with Gasteiger partial charge in [0.25, 0.3) is 0 Å². The van der Waals surface area contributed by atoms with Gasteiger partial charge in [0.05, 0.1) is 5.69 Å². The van der Waals surface area contributed by atoms with Crippen molar-refractivity contribution in [2.24, 2.45) is 4.99 Å². The lowest BCUT2D eigenvalue weighted by Gasteiger charge is -2.13. The second-order valence-corrected chi connectivity index (χ2v) is 6.84. The summed E-state index contributed by atoms with van der Waals surface area (Å²) in [6.07, 6.45) is 4.37. The third kappa shape index (κ3) is 5.77. The fourth-order valence-electron chi connectivity index (χ4n) is 2.65. The minimum absolute atomic E-state index is 0. The molecule has 0 atom stereocenters. The van der Waals surface area contributed by atoms with Gasteiger partial charge in [0, 0.05) is 37.4 Å². The van der Waals surface area contributed by atoms with Crippen LogP contribution in [0.1, 0.15) is 16.3 Å². The Bertz CT molecular complexity index is 876. The van der Waals surface area contributed by atoms with Crippen molar-refractivity contribution < 1.29 is 4.39 Å². The Labute approximate surface area is 179 Å². The van der Waals surface area contributed by atoms with Crippen LogP contribution in [0.2, 0.25) is 0 Å². The maximum atomic E-state index is 14.4. The van der Waals surface area contributed by atoms with E-state index in [-0.39, 0.29) is 29.8 Å². The van der Waals surface area contributed by atoms with E-state index in [1.807, 2.05) is 13.0 Å². The number of benzene rings is 1. The van der Waals surface area contributed by atoms with Crippen LogP contribution >= 0.6 is 35.3 Å². The van der Waals surface area contributed by atoms with Gasteiger partial charge < -0.3 is 15.2 Å². The van der Waals surface area contributed by atoms with Gasteiger partial charge in [-0.2, -0.15) is 0 Å². The molecule has 0 bridgehead atoms. The van der Waals surface area contributed by atoms with Crippen LogP contribution in [-0.2, 0) is 13.0 Å². The molecule has 2 N–H and O–H groups in total. The predicted molar refractivity (Wildman–Crippen MR) is 120 cm³/mol. The number of rotatable bonds is 6. The highest BCUT2D eigenvalue weighted by atomic mass is 127. The second-order valence-electron chi connectivity index (χ2n) is 5.81. The minimum atomic E-state index is -0.272. The summed E-state index contributed by atoms with van der Waals surface area (Å²) in [4.78, 5) is 9.67. The van der Waals surface area contributed by atoms with Gasteiger partial charge in [-0.1, -0.05) is 12.1 Å². The first-order valence-electron chi connectivity index (χ1n) is 8.43. The Balaban J connectivity index is 0.00000261. The third-order valence-electron chi connectivity index (χ3n) is 4.02. The fraction of sp³-hybridized carbons (Fsp3) is 0.263. The van der Waals surface area contributed by atoms with E-state index in [1.165, 1.54) is 4.88 Å². The van der Waals surface area contributed by atoms with Crippen molar-refractivity contribution in [3.05, 3.63) is 70.2 Å². The Hall–Kier alpha value is -1.94. The van der Waals surface area contributed by atoms with Crippen molar-refractivity contribution >= 4 is 41.3 Å². The predicted octanol–water partition coefficient (Wildman–Crippen LogP) is 3.91. The van der Waals surface area contributed by atoms with Crippen LogP contribution in [0, 0.1) is 12.7 Å². The van der Waals surface area contributed by atoms with E-state index in [0.717, 1.165) is 24.4 Å². The molecule has 0 saturated carbocycles. The zero-order valence-electron chi connectivity index (χ0n) is 15.3. The van der Waals surface area contributed by atoms with Crippen molar-refractivity contribution in [3.8, 4) is 5.69 Å². The number of imidazole rings is 1. The number of halogens is 2. The Morgan fingerprint density at radius 3 is 2.78 bits per heavy atom. The molecule has 0 amide bonds. The van der Waals surface area contributed by atoms with Crippen LogP contribution in [0.5, 0.6) is 0 Å². The molecule has 0 fully saturated rings. The first-order chi connectivity index (χ1) is 12.7. The molecule has 0 aliphatic heterocycles. The summed E-state index contributed by atoms with van der Waals surface area (Å²) in [6.45, 7) is 3.15. The molecule has 0 saturated heterocycles. The summed E-state index contributed by atoms with van der Waals surface area (Å²) >= 11 is 1.75. The lowest BCUT2D eigenvalue weighted by molar-refractivity contribution is 0.613. The van der Waals surface area contributed by atoms with E-state index >= 15 is 0 Å². The number of thiophene rings is 1. The van der Waals surface area contributed by atoms with Crippen molar-refractivity contribution in [1.82, 2.24) is 20.2 Å². The van der Waals surface area contributed by atoms with E-state index in [0.29, 0.717) is 18.2 Å². The van der Waals surface area contributed by atoms with E-state index in [2.05, 4.69) is 38.1 Å². The Morgan fingerprint density at radius 2 is 2.15 bits per heavy atom. The summed E-state index contributed by atoms with van der Waals surface area (Å²) in [6, 6.07) is 9.39. The maximum Gasteiger partial charge on any atom is 0.191 e. The quantitative estimate of drug-likeness (QED) is 0.307. The van der Waals surface area contributed by atoms with E-state index < -0.39 is 0 Å². The summed E-state index contributed by atoms with van der Waals surface area (Å²) in [5.41, 5.74) is 1.35. The van der Waals surface area contributed by atoms with Gasteiger partial charge in [-0.15, -0.1) is 35.3 Å². The summed E-state index contributed by atoms with van der Waals surface area (Å²) in [5, 5.41) is 8.56. The Morgan fingerprint density at radius 1 is 1.30 bits per heavy atom. The highest BCUT2D eigenvalue weighted by molar-refractivity contribution is 14.0. The van der Waals surface area contributed by atoms with Crippen molar-refractivity contribution in [3.63, 3.8) is 0 Å². The molecule has 5 nitrogen and oxygen atoms in total. The van der Waals surface area contributed by atoms with Gasteiger partial charge in [0.2, 0.25) is 0 Å². The molecule has 27 heavy (non-hydrogen) atoms. The molecule has 0 radical (unpaired) electrons. The molecule has 0 aliphatic carbocycles. The molecule has 144 valence electrons. The average molecular weight is 499 g/mol. The number of hydrogen-bond donors (Lipinski definition) is 2. The largest absolute Gasteiger partial charge is 0.356 e. The fourth-order valence-corrected chi connectivity index (χ4v) is 3.36. The van der Waals surface area contributed by atoms with E-state index in [4.69, 9.17) is 0 Å². The molecule has 3 rings (SSSR count). The van der Waals surface area contributed by atoms with Gasteiger partial charge in [-0.3, -0.25) is 4.99 Å². The monoisotopic (exact) mass is 499 g/mol. The molecule has 0 spiro atoms. The number of nitrogens with one attached hydrogen (secondary N) is 2. The topological polar surface area (TPSA) is 54.2 Å². The molecule has 3 aromatic rings. The lowest BCUT2D eigenvalue weighted by atomic mass is 10.2. The number of aryl methyl sites for hydroxylation is 1. The van der Waals surface area contributed by atoms with E-state index in [1.54, 1.807) is 47.5 Å². The summed E-state index contributed by atoms with van der Waals surface area (Å²) in [5.74, 6) is 1.19. The molecule has 0 aliphatic rings. The van der Waals surface area contributed by atoms with Gasteiger partial charge in [0.1, 0.15) is 11.6 Å². The smallest absolute Gasteiger partial charge is 0.191 e. The Kier molecular flexibility index (Phi) is 8.23. The number of aliphatic imine (C=N–C) groups is 1. The third-order valence-corrected chi connectivity index (χ3v) is 4.96. The van der Waals surface area contributed by atoms with Crippen molar-refractivity contribution in [2.75, 3.05) is 13.6 Å². The number of guanidine groups is 1. The highest BCUT2D eigenvalue weighted by Crippen LogP contribution is 2.16. The molecule has 1 aromatic carbocycles. The molecule has 2 aromatic heterocycles. The van der Waals surface area contributed by atoms with Gasteiger partial charge in [-0.05, 0) is 42.5 Å². The zero-order chi connectivity index (χ0) is 18.4. The average Bonchev–Trinajstić information content (AvgIpc) is 3.30. The van der Waals surface area contributed by atoms with Gasteiger partial charge >= 0.3 is 0 Å². The summed E-state index contributed by atoms with van der Waals surface area (Å²) < 4.78 is 16.2. The lowest BCUT2D eigenvalue weighted by Crippen LogP contribution is -2.37. The van der Waals surface area contributed by atoms with Crippen LogP contribution in [0.25, 0.3) is 5.69 Å². The van der Waals surface area contributed by atoms with Crippen molar-refractivity contribution in [1.29, 1.82) is 0 Å². The molecule has 0 unspecified atom stereocenters. The second kappa shape index (κ2) is 10.4. The molecular formula is C19H23FIN5S. The SMILES string of the molecule is CN=C(NCCc1cccs1)NCc1ccc(-n2ccnc2C)c(F)c1.I. The van der Waals surface area contributed by atoms with Crippen LogP contribution in [0.4, 0.5) is 4.39 Å². The molecule has 8 heteroatoms. The summed E-state index contributed by atoms with van der Waals surface area (Å²) in [7, 11) is 1.73. The van der Waals surface area contributed by atoms with Crippen LogP contribution in [0.3, 0.4) is 0 Å². The first kappa shape index (κ1) is 21.4. The van der Waals surface area contributed by atoms with E-state index in [9.17, 15) is 4.39 Å². The molecular weight excluding hydrogens is 476 g/mol. The highest BCUT2D eigenvalue weighted by Gasteiger charge is 2.08. The van der Waals surface area contributed by atoms with Crippen LogP contribution < -0.4 is 10.6 Å². The van der Waals surface area contributed by atoms with Crippen LogP contribution in [-0.4, -0.2) is 29.1 Å². The minimum Gasteiger partial charge on any atom is -0.356 e. The normalized spacial score (nSPS) is 11.1. The van der Waals surface area contributed by atoms with Gasteiger partial charge in [-0.25, -0.2) is 9.37 Å². The first-order valence-corrected chi connectivity index (χ1v) is 9.31.